The maximum atomic E-state index is 12.9. The quantitative estimate of drug-likeness (QED) is 0.450. The molecular weight excluding hydrogens is 436 g/mol. The molecule has 4 heterocycles. The molecule has 0 saturated carbocycles. The number of nitrogens with zero attached hydrogens (tertiary/aromatic N) is 4. The molecule has 0 unspecified atom stereocenters. The number of carbonyl (C=O) groups is 3. The number of hydrogen-bond donors (Lipinski definition) is 2. The van der Waals surface area contributed by atoms with Gasteiger partial charge >= 0.3 is 0 Å². The van der Waals surface area contributed by atoms with Crippen LogP contribution in [0.15, 0.2) is 61.1 Å². The van der Waals surface area contributed by atoms with Gasteiger partial charge in [0, 0.05) is 49.6 Å². The molecule has 4 aromatic rings. The summed E-state index contributed by atoms with van der Waals surface area (Å²) in [6, 6.07) is 12.1. The van der Waals surface area contributed by atoms with Crippen LogP contribution >= 0.6 is 0 Å². The van der Waals surface area contributed by atoms with Crippen LogP contribution in [0.5, 0.6) is 5.75 Å². The Balaban J connectivity index is 1.31. The number of ketones is 1. The van der Waals surface area contributed by atoms with Crippen LogP contribution in [0.1, 0.15) is 37.7 Å². The number of nitrogens with one attached hydrogen (secondary N) is 2. The lowest BCUT2D eigenvalue weighted by molar-refractivity contribution is -0.121. The van der Waals surface area contributed by atoms with Gasteiger partial charge in [-0.2, -0.15) is 5.10 Å². The number of fused-ring (bicyclic) bond motifs is 2. The topological polar surface area (TPSA) is 128 Å². The lowest BCUT2D eigenvalue weighted by atomic mass is 10.0. The minimum absolute atomic E-state index is 0.0151. The minimum Gasteiger partial charge on any atom is -0.486 e. The number of benzene rings is 1. The summed E-state index contributed by atoms with van der Waals surface area (Å²) in [5.74, 6) is -0.130. The van der Waals surface area contributed by atoms with Crippen LogP contribution in [0.4, 0.5) is 0 Å². The lowest BCUT2D eigenvalue weighted by Gasteiger charge is -2.17. The molecule has 2 amide bonds. The fourth-order valence-electron chi connectivity index (χ4n) is 3.68. The van der Waals surface area contributed by atoms with E-state index in [2.05, 4.69) is 25.7 Å². The van der Waals surface area contributed by atoms with Crippen molar-refractivity contribution in [2.45, 2.75) is 19.5 Å². The number of carbonyl (C=O) groups excluding carboxylic acids is 3. The zero-order chi connectivity index (χ0) is 23.5. The maximum absolute atomic E-state index is 12.9. The lowest BCUT2D eigenvalue weighted by Crippen LogP contribution is -2.28. The Kier molecular flexibility index (Phi) is 5.69. The van der Waals surface area contributed by atoms with Gasteiger partial charge < -0.3 is 15.4 Å². The summed E-state index contributed by atoms with van der Waals surface area (Å²) in [6.07, 6.45) is 5.15. The first-order chi connectivity index (χ1) is 16.6. The van der Waals surface area contributed by atoms with Gasteiger partial charge in [-0.3, -0.25) is 19.4 Å². The predicted molar refractivity (Wildman–Crippen MR) is 120 cm³/mol. The van der Waals surface area contributed by atoms with Crippen molar-refractivity contribution in [3.05, 3.63) is 89.1 Å². The highest BCUT2D eigenvalue weighted by Gasteiger charge is 2.19. The van der Waals surface area contributed by atoms with Crippen molar-refractivity contribution < 1.29 is 19.1 Å². The Morgan fingerprint density at radius 2 is 1.85 bits per heavy atom. The summed E-state index contributed by atoms with van der Waals surface area (Å²) >= 11 is 0. The molecule has 0 radical (unpaired) electrons. The number of ether oxygens (including phenoxy) is 1. The minimum atomic E-state index is -0.435. The smallest absolute Gasteiger partial charge is 0.270 e. The predicted octanol–water partition coefficient (Wildman–Crippen LogP) is 1.49. The fraction of sp³-hybridized carbons (Fsp3) is 0.167. The van der Waals surface area contributed by atoms with Crippen LogP contribution in [-0.2, 0) is 24.3 Å². The number of hydrogen-bond acceptors (Lipinski definition) is 7. The second-order valence-electron chi connectivity index (χ2n) is 7.80. The van der Waals surface area contributed by atoms with E-state index in [0.29, 0.717) is 17.8 Å². The molecule has 0 fully saturated rings. The van der Waals surface area contributed by atoms with Crippen molar-refractivity contribution >= 4 is 23.2 Å². The molecule has 1 aromatic carbocycles. The molecule has 0 spiro atoms. The van der Waals surface area contributed by atoms with E-state index in [-0.39, 0.29) is 36.9 Å². The molecule has 34 heavy (non-hydrogen) atoms. The van der Waals surface area contributed by atoms with Crippen molar-refractivity contribution in [2.75, 3.05) is 6.61 Å². The monoisotopic (exact) mass is 456 g/mol. The van der Waals surface area contributed by atoms with Gasteiger partial charge in [-0.1, -0.05) is 12.1 Å². The molecule has 3 aromatic heterocycles. The summed E-state index contributed by atoms with van der Waals surface area (Å²) in [6.45, 7) is 0.600. The molecule has 1 aliphatic heterocycles. The largest absolute Gasteiger partial charge is 0.486 e. The maximum Gasteiger partial charge on any atom is 0.270 e. The highest BCUT2D eigenvalue weighted by molar-refractivity contribution is 5.98. The highest BCUT2D eigenvalue weighted by Crippen LogP contribution is 2.24. The molecular formula is C24H20N6O4. The Bertz CT molecular complexity index is 1400. The molecule has 5 rings (SSSR count). The van der Waals surface area contributed by atoms with E-state index >= 15 is 0 Å². The number of Topliss-reactive ketones (excluding diaryl/α,β-unsaturated/α-hetero) is 1. The average Bonchev–Trinajstić information content (AvgIpc) is 3.34. The molecule has 0 atom stereocenters. The van der Waals surface area contributed by atoms with Gasteiger partial charge in [-0.05, 0) is 29.3 Å². The fourth-order valence-corrected chi connectivity index (χ4v) is 3.68. The van der Waals surface area contributed by atoms with Crippen LogP contribution in [0.25, 0.3) is 5.65 Å². The third-order valence-corrected chi connectivity index (χ3v) is 5.35. The number of rotatable bonds is 6. The van der Waals surface area contributed by atoms with Crippen LogP contribution in [0.2, 0.25) is 0 Å². The van der Waals surface area contributed by atoms with Gasteiger partial charge in [-0.15, -0.1) is 0 Å². The van der Waals surface area contributed by atoms with E-state index < -0.39 is 11.8 Å². The number of aromatic nitrogens is 4. The molecule has 1 aliphatic rings. The second-order valence-corrected chi connectivity index (χ2v) is 7.80. The molecule has 10 heteroatoms. The molecule has 2 N–H and O–H groups in total. The van der Waals surface area contributed by atoms with E-state index in [4.69, 9.17) is 4.74 Å². The van der Waals surface area contributed by atoms with Crippen molar-refractivity contribution in [1.82, 2.24) is 30.2 Å². The van der Waals surface area contributed by atoms with Gasteiger partial charge in [0.05, 0.1) is 6.20 Å². The number of amides is 2. The van der Waals surface area contributed by atoms with Gasteiger partial charge in [0.25, 0.3) is 11.8 Å². The zero-order valence-electron chi connectivity index (χ0n) is 18.0. The van der Waals surface area contributed by atoms with Crippen LogP contribution in [0.3, 0.4) is 0 Å². The average molecular weight is 456 g/mol. The third-order valence-electron chi connectivity index (χ3n) is 5.35. The Labute approximate surface area is 194 Å². The molecule has 170 valence electrons. The van der Waals surface area contributed by atoms with Gasteiger partial charge in [0.15, 0.2) is 11.4 Å². The Morgan fingerprint density at radius 1 is 1.00 bits per heavy atom. The third kappa shape index (κ3) is 4.46. The first-order valence-corrected chi connectivity index (χ1v) is 10.6. The normalized spacial score (nSPS) is 12.6. The summed E-state index contributed by atoms with van der Waals surface area (Å²) in [5, 5.41) is 9.78. The number of pyridine rings is 1. The Morgan fingerprint density at radius 3 is 2.71 bits per heavy atom. The van der Waals surface area contributed by atoms with Gasteiger partial charge in [0.2, 0.25) is 0 Å². The van der Waals surface area contributed by atoms with E-state index in [1.165, 1.54) is 16.8 Å². The second kappa shape index (κ2) is 9.10. The van der Waals surface area contributed by atoms with E-state index in [9.17, 15) is 14.4 Å². The molecule has 10 nitrogen and oxygen atoms in total. The molecule has 0 bridgehead atoms. The van der Waals surface area contributed by atoms with Crippen LogP contribution in [-0.4, -0.2) is 43.8 Å². The summed E-state index contributed by atoms with van der Waals surface area (Å²) in [5.41, 5.74) is 3.13. The van der Waals surface area contributed by atoms with Crippen LogP contribution in [0, 0.1) is 0 Å². The van der Waals surface area contributed by atoms with Gasteiger partial charge in [0.1, 0.15) is 23.7 Å². The van der Waals surface area contributed by atoms with Crippen molar-refractivity contribution in [3.63, 3.8) is 0 Å². The Hall–Kier alpha value is -4.60. The van der Waals surface area contributed by atoms with Crippen LogP contribution < -0.4 is 15.4 Å². The van der Waals surface area contributed by atoms with Crippen molar-refractivity contribution in [1.29, 1.82) is 0 Å². The summed E-state index contributed by atoms with van der Waals surface area (Å²) < 4.78 is 6.79. The van der Waals surface area contributed by atoms with E-state index in [1.54, 1.807) is 30.6 Å². The first-order valence-electron chi connectivity index (χ1n) is 10.6. The summed E-state index contributed by atoms with van der Waals surface area (Å²) in [7, 11) is 0. The van der Waals surface area contributed by atoms with Gasteiger partial charge in [-0.25, -0.2) is 9.50 Å². The van der Waals surface area contributed by atoms with E-state index in [0.717, 1.165) is 16.7 Å². The zero-order valence-corrected chi connectivity index (χ0v) is 18.0. The van der Waals surface area contributed by atoms with Crippen molar-refractivity contribution in [2.24, 2.45) is 0 Å². The first kappa shape index (κ1) is 21.3. The van der Waals surface area contributed by atoms with Crippen molar-refractivity contribution in [3.8, 4) is 5.75 Å². The molecule has 0 aliphatic carbocycles. The van der Waals surface area contributed by atoms with E-state index in [1.807, 2.05) is 18.2 Å². The SMILES string of the molecule is O=C1COc2ccc(CNC(=O)c3cc(C(=O)NCc4cccnc4)n4nccc4n3)cc2C1. The summed E-state index contributed by atoms with van der Waals surface area (Å²) in [4.78, 5) is 45.7. The highest BCUT2D eigenvalue weighted by atomic mass is 16.5. The standard InChI is InChI=1S/C24H20N6O4/c31-18-9-17-8-15(3-4-21(17)34-14-18)12-26-23(32)19-10-20(30-22(29-19)5-7-28-30)24(33)27-13-16-2-1-6-25-11-16/h1-8,10-11H,9,12-14H2,(H,26,32)(H,27,33). The molecule has 0 saturated heterocycles.